The van der Waals surface area contributed by atoms with Gasteiger partial charge in [-0.05, 0) is 162 Å². The van der Waals surface area contributed by atoms with E-state index in [9.17, 15) is 10.2 Å². The van der Waals surface area contributed by atoms with Crippen LogP contribution >= 0.6 is 0 Å². The van der Waals surface area contributed by atoms with Crippen molar-refractivity contribution in [2.24, 2.45) is 5.92 Å². The first-order valence-electron chi connectivity index (χ1n) is 16.3. The summed E-state index contributed by atoms with van der Waals surface area (Å²) in [5.41, 5.74) is 9.54. The maximum Gasteiger partial charge on any atom is 0.134 e. The first kappa shape index (κ1) is 32.2. The number of rotatable bonds is 9. The molecule has 5 rings (SSSR count). The average molecular weight is 594 g/mol. The zero-order chi connectivity index (χ0) is 31.6. The second-order valence-corrected chi connectivity index (χ2v) is 14.0. The van der Waals surface area contributed by atoms with Crippen LogP contribution in [0.4, 0.5) is 0 Å². The molecule has 0 aromatic heterocycles. The maximum absolute atomic E-state index is 10.8. The molecule has 44 heavy (non-hydrogen) atoms. The Morgan fingerprint density at radius 2 is 1.61 bits per heavy atom. The van der Waals surface area contributed by atoms with Crippen molar-refractivity contribution in [2.45, 2.75) is 97.0 Å². The highest BCUT2D eigenvalue weighted by Gasteiger charge is 2.27. The van der Waals surface area contributed by atoms with Crippen LogP contribution in [0.1, 0.15) is 98.2 Å². The molecule has 3 aromatic rings. The summed E-state index contributed by atoms with van der Waals surface area (Å²) in [5, 5.41) is 21.2. The molecule has 3 atom stereocenters. The molecule has 0 bridgehead atoms. The molecule has 4 heteroatoms. The van der Waals surface area contributed by atoms with Crippen LogP contribution in [0.2, 0.25) is 0 Å². The molecule has 2 aliphatic carbocycles. The highest BCUT2D eigenvalue weighted by Crippen LogP contribution is 2.42. The number of likely N-dealkylation sites (N-methyl/N-ethyl adjacent to an activating group) is 1. The molecule has 2 aliphatic rings. The van der Waals surface area contributed by atoms with Gasteiger partial charge in [0.05, 0.1) is 11.7 Å². The molecule has 0 aliphatic heterocycles. The fraction of sp³-hybridized carbons (Fsp3) is 0.450. The Morgan fingerprint density at radius 1 is 0.886 bits per heavy atom. The molecule has 234 valence electrons. The third kappa shape index (κ3) is 7.37. The number of nitrogens with zero attached hydrogens (tertiary/aromatic N) is 1. The normalized spacial score (nSPS) is 20.6. The van der Waals surface area contributed by atoms with E-state index in [4.69, 9.17) is 4.74 Å². The van der Waals surface area contributed by atoms with Gasteiger partial charge in [-0.25, -0.2) is 0 Å². The van der Waals surface area contributed by atoms with E-state index >= 15 is 0 Å². The van der Waals surface area contributed by atoms with Crippen LogP contribution in [-0.2, 0) is 12.0 Å². The van der Waals surface area contributed by atoms with Gasteiger partial charge in [0, 0.05) is 0 Å². The Labute approximate surface area is 265 Å². The van der Waals surface area contributed by atoms with Crippen LogP contribution in [-0.4, -0.2) is 41.0 Å². The summed E-state index contributed by atoms with van der Waals surface area (Å²) in [6, 6.07) is 22.1. The molecule has 3 aromatic carbocycles. The molecule has 0 amide bonds. The summed E-state index contributed by atoms with van der Waals surface area (Å²) in [4.78, 5) is 1.81. The Kier molecular flexibility index (Phi) is 9.55. The van der Waals surface area contributed by atoms with E-state index in [1.54, 1.807) is 0 Å². The topological polar surface area (TPSA) is 52.9 Å². The number of benzene rings is 3. The second-order valence-electron chi connectivity index (χ2n) is 14.0. The molecule has 4 nitrogen and oxygen atoms in total. The van der Waals surface area contributed by atoms with Crippen LogP contribution in [0.5, 0.6) is 5.75 Å². The molecule has 2 N–H and O–H groups in total. The van der Waals surface area contributed by atoms with Crippen LogP contribution in [0.25, 0.3) is 11.1 Å². The van der Waals surface area contributed by atoms with Crippen molar-refractivity contribution in [3.05, 3.63) is 112 Å². The van der Waals surface area contributed by atoms with Gasteiger partial charge in [-0.15, -0.1) is 0 Å². The van der Waals surface area contributed by atoms with Crippen molar-refractivity contribution in [3.8, 4) is 5.75 Å². The van der Waals surface area contributed by atoms with Crippen LogP contribution in [0, 0.1) is 19.8 Å². The molecule has 1 saturated carbocycles. The Bertz CT molecular complexity index is 1520. The van der Waals surface area contributed by atoms with Crippen molar-refractivity contribution in [1.82, 2.24) is 4.90 Å². The summed E-state index contributed by atoms with van der Waals surface area (Å²) in [6.07, 6.45) is 11.5. The quantitative estimate of drug-likeness (QED) is 0.193. The minimum absolute atomic E-state index is 0.220. The molecule has 1 fully saturated rings. The van der Waals surface area contributed by atoms with Crippen LogP contribution in [0.15, 0.2) is 72.8 Å². The molecule has 0 spiro atoms. The number of hydrogen-bond donors (Lipinski definition) is 2. The lowest BCUT2D eigenvalue weighted by Gasteiger charge is -2.27. The average Bonchev–Trinajstić information content (AvgIpc) is 3.31. The molecular formula is C40H51NO3. The van der Waals surface area contributed by atoms with Crippen molar-refractivity contribution in [1.29, 1.82) is 0 Å². The number of aryl methyl sites for hydroxylation is 3. The van der Waals surface area contributed by atoms with Crippen molar-refractivity contribution >= 4 is 11.1 Å². The van der Waals surface area contributed by atoms with E-state index in [1.807, 2.05) is 45.8 Å². The monoisotopic (exact) mass is 593 g/mol. The highest BCUT2D eigenvalue weighted by atomic mass is 16.5. The first-order chi connectivity index (χ1) is 20.8. The Balaban J connectivity index is 1.41. The zero-order valence-corrected chi connectivity index (χ0v) is 27.8. The van der Waals surface area contributed by atoms with Gasteiger partial charge >= 0.3 is 0 Å². The fourth-order valence-corrected chi connectivity index (χ4v) is 6.80. The number of ether oxygens (including phenoxy) is 1. The molecule has 2 unspecified atom stereocenters. The van der Waals surface area contributed by atoms with E-state index in [0.29, 0.717) is 5.92 Å². The lowest BCUT2D eigenvalue weighted by atomic mass is 9.85. The van der Waals surface area contributed by atoms with Gasteiger partial charge in [0.1, 0.15) is 11.5 Å². The predicted octanol–water partition coefficient (Wildman–Crippen LogP) is 8.59. The molecular weight excluding hydrogens is 542 g/mol. The summed E-state index contributed by atoms with van der Waals surface area (Å²) in [5.74, 6) is 1.50. The van der Waals surface area contributed by atoms with Gasteiger partial charge in [0.2, 0.25) is 0 Å². The van der Waals surface area contributed by atoms with E-state index in [2.05, 4.69) is 80.6 Å². The SMILES string of the molecule is Cc1ccc(C2=C(c3ccc(O[C@H]4CCC(C/C=C/C(C)(O)N(C)C)C4)cc3)c3ccc(C(C)(C)O)cc3CCC2)c(C)c1. The van der Waals surface area contributed by atoms with Crippen LogP contribution in [0.3, 0.4) is 0 Å². The van der Waals surface area contributed by atoms with Gasteiger partial charge in [0.15, 0.2) is 0 Å². The number of hydrogen-bond acceptors (Lipinski definition) is 4. The fourth-order valence-electron chi connectivity index (χ4n) is 6.80. The standard InChI is InChI=1S/C40H51NO3/c1-27-13-21-35(28(2)24-27)37-12-8-11-31-26-32(39(3,4)42)17-22-36(31)38(37)30-15-19-33(20-16-30)44-34-18-14-29(25-34)10-9-23-40(5,43)41(6)7/h9,13,15-17,19-24,26,29,34,42-43H,8,10-12,14,18,25H2,1-7H3/b23-9+/t29?,34-,40?/m0/s1. The van der Waals surface area contributed by atoms with E-state index in [-0.39, 0.29) is 6.10 Å². The lowest BCUT2D eigenvalue weighted by molar-refractivity contribution is -0.0206. The van der Waals surface area contributed by atoms with E-state index in [1.165, 1.54) is 44.5 Å². The van der Waals surface area contributed by atoms with E-state index in [0.717, 1.165) is 56.3 Å². The van der Waals surface area contributed by atoms with Gasteiger partial charge in [-0.1, -0.05) is 60.2 Å². The van der Waals surface area contributed by atoms with Crippen molar-refractivity contribution < 1.29 is 14.9 Å². The minimum Gasteiger partial charge on any atom is -0.490 e. The zero-order valence-electron chi connectivity index (χ0n) is 27.8. The van der Waals surface area contributed by atoms with Gasteiger partial charge in [-0.3, -0.25) is 4.90 Å². The molecule has 0 heterocycles. The van der Waals surface area contributed by atoms with Gasteiger partial charge < -0.3 is 14.9 Å². The number of aliphatic hydroxyl groups is 2. The number of fused-ring (bicyclic) bond motifs is 1. The van der Waals surface area contributed by atoms with Crippen LogP contribution < -0.4 is 4.74 Å². The van der Waals surface area contributed by atoms with Crippen molar-refractivity contribution in [2.75, 3.05) is 14.1 Å². The summed E-state index contributed by atoms with van der Waals surface area (Å²) < 4.78 is 6.50. The third-order valence-corrected chi connectivity index (χ3v) is 9.71. The first-order valence-corrected chi connectivity index (χ1v) is 16.3. The number of allylic oxidation sites excluding steroid dienone is 2. The van der Waals surface area contributed by atoms with Gasteiger partial charge in [0.25, 0.3) is 0 Å². The summed E-state index contributed by atoms with van der Waals surface area (Å²) in [6.45, 7) is 9.92. The van der Waals surface area contributed by atoms with Gasteiger partial charge in [-0.2, -0.15) is 0 Å². The third-order valence-electron chi connectivity index (χ3n) is 9.71. The van der Waals surface area contributed by atoms with E-state index < -0.39 is 11.3 Å². The molecule has 0 saturated heterocycles. The summed E-state index contributed by atoms with van der Waals surface area (Å²) >= 11 is 0. The Hall–Kier alpha value is -3.18. The maximum atomic E-state index is 10.8. The summed E-state index contributed by atoms with van der Waals surface area (Å²) in [7, 11) is 3.77. The predicted molar refractivity (Wildman–Crippen MR) is 183 cm³/mol. The highest BCUT2D eigenvalue weighted by molar-refractivity contribution is 6.00. The lowest BCUT2D eigenvalue weighted by Crippen LogP contribution is -2.38. The smallest absolute Gasteiger partial charge is 0.134 e. The molecule has 0 radical (unpaired) electrons. The van der Waals surface area contributed by atoms with Crippen molar-refractivity contribution in [3.63, 3.8) is 0 Å². The second kappa shape index (κ2) is 13.0. The largest absolute Gasteiger partial charge is 0.490 e. The minimum atomic E-state index is -0.917. The Morgan fingerprint density at radius 3 is 2.30 bits per heavy atom.